The smallest absolute Gasteiger partial charge is 0.435 e. The Kier molecular flexibility index (Phi) is 7.12. The second kappa shape index (κ2) is 10.2. The van der Waals surface area contributed by atoms with Gasteiger partial charge in [-0.15, -0.1) is 10.2 Å². The number of ether oxygens (including phenoxy) is 2. The summed E-state index contributed by atoms with van der Waals surface area (Å²) >= 11 is 0. The third kappa shape index (κ3) is 5.27. The number of carbonyl (C=O) groups is 1. The molecular weight excluding hydrogens is 444 g/mol. The lowest BCUT2D eigenvalue weighted by Crippen LogP contribution is -2.35. The van der Waals surface area contributed by atoms with Crippen molar-refractivity contribution in [2.24, 2.45) is 5.92 Å². The number of fused-ring (bicyclic) bond motifs is 1. The quantitative estimate of drug-likeness (QED) is 0.488. The lowest BCUT2D eigenvalue weighted by atomic mass is 9.85. The van der Waals surface area contributed by atoms with Crippen LogP contribution in [0.5, 0.6) is 0 Å². The molecule has 1 aliphatic rings. The summed E-state index contributed by atoms with van der Waals surface area (Å²) in [7, 11) is -3.69. The van der Waals surface area contributed by atoms with Gasteiger partial charge >= 0.3 is 6.16 Å². The van der Waals surface area contributed by atoms with E-state index in [2.05, 4.69) is 15.5 Å². The summed E-state index contributed by atoms with van der Waals surface area (Å²) in [5, 5.41) is 11.5. The molecule has 0 aliphatic heterocycles. The van der Waals surface area contributed by atoms with Gasteiger partial charge in [-0.1, -0.05) is 37.5 Å². The van der Waals surface area contributed by atoms with E-state index < -0.39 is 16.0 Å². The second-order valence-corrected chi connectivity index (χ2v) is 10.0. The molecule has 2 heterocycles. The SMILES string of the molecule is CCOC(=O)OC(CNc1nnc2ccc(S(=O)(=O)c3ccccc3)cn12)C1CCCCC1. The topological polar surface area (TPSA) is 112 Å². The Labute approximate surface area is 193 Å². The zero-order valence-electron chi connectivity index (χ0n) is 18.5. The molecule has 0 spiro atoms. The monoisotopic (exact) mass is 472 g/mol. The van der Waals surface area contributed by atoms with Crippen LogP contribution in [0.1, 0.15) is 39.0 Å². The van der Waals surface area contributed by atoms with Crippen LogP contribution in [0, 0.1) is 5.92 Å². The van der Waals surface area contributed by atoms with Crippen LogP contribution in [0.3, 0.4) is 0 Å². The molecule has 0 saturated heterocycles. The number of anilines is 1. The van der Waals surface area contributed by atoms with Crippen LogP contribution < -0.4 is 5.32 Å². The Morgan fingerprint density at radius 3 is 2.58 bits per heavy atom. The van der Waals surface area contributed by atoms with E-state index in [1.807, 2.05) is 0 Å². The van der Waals surface area contributed by atoms with Crippen LogP contribution >= 0.6 is 0 Å². The minimum absolute atomic E-state index is 0.135. The molecule has 1 unspecified atom stereocenters. The molecular formula is C23H28N4O5S. The van der Waals surface area contributed by atoms with E-state index in [0.717, 1.165) is 25.7 Å². The minimum atomic E-state index is -3.69. The van der Waals surface area contributed by atoms with Crippen molar-refractivity contribution in [1.29, 1.82) is 0 Å². The standard InChI is InChI=1S/C23H28N4O5S/c1-2-31-23(28)32-20(17-9-5-3-6-10-17)15-24-22-26-25-21-14-13-19(16-27(21)22)33(29,30)18-11-7-4-8-12-18/h4,7-8,11-14,16-17,20H,2-3,5-6,9-10,15H2,1H3,(H,24,26). The van der Waals surface area contributed by atoms with Gasteiger partial charge in [-0.2, -0.15) is 0 Å². The zero-order chi connectivity index (χ0) is 23.3. The van der Waals surface area contributed by atoms with Gasteiger partial charge in [0, 0.05) is 6.20 Å². The van der Waals surface area contributed by atoms with Crippen LogP contribution in [-0.4, -0.2) is 48.4 Å². The van der Waals surface area contributed by atoms with E-state index in [-0.39, 0.29) is 28.4 Å². The van der Waals surface area contributed by atoms with E-state index in [4.69, 9.17) is 9.47 Å². The first-order valence-electron chi connectivity index (χ1n) is 11.2. The van der Waals surface area contributed by atoms with E-state index in [9.17, 15) is 13.2 Å². The number of sulfone groups is 1. The van der Waals surface area contributed by atoms with Crippen molar-refractivity contribution in [1.82, 2.24) is 14.6 Å². The highest BCUT2D eigenvalue weighted by molar-refractivity contribution is 7.91. The fourth-order valence-corrected chi connectivity index (χ4v) is 5.44. The summed E-state index contributed by atoms with van der Waals surface area (Å²) in [6.45, 7) is 2.30. The largest absolute Gasteiger partial charge is 0.508 e. The normalized spacial score (nSPS) is 15.8. The molecule has 0 radical (unpaired) electrons. The van der Waals surface area contributed by atoms with Crippen molar-refractivity contribution < 1.29 is 22.7 Å². The van der Waals surface area contributed by atoms with Gasteiger partial charge in [0.1, 0.15) is 6.10 Å². The van der Waals surface area contributed by atoms with Crippen molar-refractivity contribution in [3.63, 3.8) is 0 Å². The summed E-state index contributed by atoms with van der Waals surface area (Å²) in [6, 6.07) is 11.4. The first-order valence-corrected chi connectivity index (χ1v) is 12.7. The molecule has 1 N–H and O–H groups in total. The van der Waals surface area contributed by atoms with E-state index >= 15 is 0 Å². The first-order chi connectivity index (χ1) is 16.0. The zero-order valence-corrected chi connectivity index (χ0v) is 19.3. The number of hydrogen-bond acceptors (Lipinski definition) is 8. The third-order valence-corrected chi connectivity index (χ3v) is 7.64. The van der Waals surface area contributed by atoms with Crippen LogP contribution in [-0.2, 0) is 19.3 Å². The van der Waals surface area contributed by atoms with Gasteiger partial charge in [0.25, 0.3) is 0 Å². The first kappa shape index (κ1) is 23.0. The number of pyridine rings is 1. The highest BCUT2D eigenvalue weighted by Crippen LogP contribution is 2.29. The molecule has 4 rings (SSSR count). The van der Waals surface area contributed by atoms with E-state index in [1.165, 1.54) is 18.7 Å². The Morgan fingerprint density at radius 1 is 1.09 bits per heavy atom. The lowest BCUT2D eigenvalue weighted by Gasteiger charge is -2.29. The summed E-state index contributed by atoms with van der Waals surface area (Å²) in [6.07, 6.45) is 5.78. The molecule has 1 saturated carbocycles. The number of nitrogens with one attached hydrogen (secondary N) is 1. The van der Waals surface area contributed by atoms with Crippen LogP contribution in [0.25, 0.3) is 5.65 Å². The Bertz CT molecular complexity index is 1190. The molecule has 176 valence electrons. The van der Waals surface area contributed by atoms with Crippen LogP contribution in [0.4, 0.5) is 10.7 Å². The number of hydrogen-bond donors (Lipinski definition) is 1. The highest BCUT2D eigenvalue weighted by Gasteiger charge is 2.28. The van der Waals surface area contributed by atoms with Gasteiger partial charge in [0.15, 0.2) is 5.65 Å². The average molecular weight is 473 g/mol. The van der Waals surface area contributed by atoms with Crippen LogP contribution in [0.15, 0.2) is 58.5 Å². The predicted octanol–water partition coefficient (Wildman–Crippen LogP) is 4.10. The average Bonchev–Trinajstić information content (AvgIpc) is 3.25. The Balaban J connectivity index is 1.56. The number of nitrogens with zero attached hydrogens (tertiary/aromatic N) is 3. The third-order valence-electron chi connectivity index (χ3n) is 5.89. The molecule has 9 nitrogen and oxygen atoms in total. The van der Waals surface area contributed by atoms with Crippen LogP contribution in [0.2, 0.25) is 0 Å². The van der Waals surface area contributed by atoms with Gasteiger partial charge in [0.05, 0.1) is 22.9 Å². The molecule has 3 aromatic rings. The molecule has 0 amide bonds. The summed E-state index contributed by atoms with van der Waals surface area (Å²) < 4.78 is 38.2. The second-order valence-electron chi connectivity index (χ2n) is 8.05. The van der Waals surface area contributed by atoms with Crippen molar-refractivity contribution in [3.05, 3.63) is 48.7 Å². The van der Waals surface area contributed by atoms with Crippen molar-refractivity contribution in [2.75, 3.05) is 18.5 Å². The van der Waals surface area contributed by atoms with Gasteiger partial charge in [0.2, 0.25) is 15.8 Å². The summed E-state index contributed by atoms with van der Waals surface area (Å²) in [5.74, 6) is 0.604. The summed E-state index contributed by atoms with van der Waals surface area (Å²) in [4.78, 5) is 12.3. The molecule has 2 aromatic heterocycles. The summed E-state index contributed by atoms with van der Waals surface area (Å²) in [5.41, 5.74) is 0.505. The van der Waals surface area contributed by atoms with Gasteiger partial charge in [-0.3, -0.25) is 4.40 Å². The van der Waals surface area contributed by atoms with E-state index in [1.54, 1.807) is 47.7 Å². The number of aromatic nitrogens is 3. The number of rotatable bonds is 8. The minimum Gasteiger partial charge on any atom is -0.435 e. The molecule has 1 fully saturated rings. The van der Waals surface area contributed by atoms with Crippen molar-refractivity contribution in [3.8, 4) is 0 Å². The van der Waals surface area contributed by atoms with Gasteiger partial charge in [-0.25, -0.2) is 13.2 Å². The maximum absolute atomic E-state index is 13.0. The predicted molar refractivity (Wildman–Crippen MR) is 122 cm³/mol. The molecule has 1 aliphatic carbocycles. The maximum Gasteiger partial charge on any atom is 0.508 e. The number of carbonyl (C=O) groups excluding carboxylic acids is 1. The van der Waals surface area contributed by atoms with Crippen molar-refractivity contribution in [2.45, 2.75) is 54.9 Å². The van der Waals surface area contributed by atoms with Gasteiger partial charge in [-0.05, 0) is 49.9 Å². The fraction of sp³-hybridized carbons (Fsp3) is 0.435. The molecule has 1 aromatic carbocycles. The maximum atomic E-state index is 13.0. The van der Waals surface area contributed by atoms with Gasteiger partial charge < -0.3 is 14.8 Å². The molecule has 10 heteroatoms. The lowest BCUT2D eigenvalue weighted by molar-refractivity contribution is 0.00251. The Hall–Kier alpha value is -3.14. The van der Waals surface area contributed by atoms with E-state index in [0.29, 0.717) is 18.1 Å². The molecule has 1 atom stereocenters. The highest BCUT2D eigenvalue weighted by atomic mass is 32.2. The number of benzene rings is 1. The Morgan fingerprint density at radius 2 is 1.85 bits per heavy atom. The molecule has 0 bridgehead atoms. The molecule has 33 heavy (non-hydrogen) atoms. The fourth-order valence-electron chi connectivity index (χ4n) is 4.16. The van der Waals surface area contributed by atoms with Crippen molar-refractivity contribution >= 4 is 27.6 Å².